The van der Waals surface area contributed by atoms with Gasteiger partial charge in [-0.3, -0.25) is 0 Å². The number of aromatic nitrogens is 2. The monoisotopic (exact) mass is 241 g/mol. The summed E-state index contributed by atoms with van der Waals surface area (Å²) < 4.78 is 5.52. The normalized spacial score (nSPS) is 21.2. The van der Waals surface area contributed by atoms with Gasteiger partial charge < -0.3 is 9.64 Å². The Balaban J connectivity index is 2.28. The van der Waals surface area contributed by atoms with E-state index in [1.165, 1.54) is 6.33 Å². The lowest BCUT2D eigenvalue weighted by atomic mass is 10.2. The fourth-order valence-electron chi connectivity index (χ4n) is 1.97. The summed E-state index contributed by atoms with van der Waals surface area (Å²) in [7, 11) is 0. The smallest absolute Gasteiger partial charge is 0.137 e. The van der Waals surface area contributed by atoms with Gasteiger partial charge in [-0.05, 0) is 13.3 Å². The van der Waals surface area contributed by atoms with Crippen LogP contribution in [-0.4, -0.2) is 35.8 Å². The molecule has 1 aliphatic rings. The summed E-state index contributed by atoms with van der Waals surface area (Å²) >= 11 is 6.08. The molecule has 0 bridgehead atoms. The van der Waals surface area contributed by atoms with E-state index in [4.69, 9.17) is 16.3 Å². The average molecular weight is 242 g/mol. The fourth-order valence-corrected chi connectivity index (χ4v) is 2.23. The molecule has 16 heavy (non-hydrogen) atoms. The second kappa shape index (κ2) is 4.97. The Labute approximate surface area is 101 Å². The maximum absolute atomic E-state index is 6.08. The van der Waals surface area contributed by atoms with Gasteiger partial charge in [0.05, 0.1) is 12.7 Å². The molecule has 2 rings (SSSR count). The minimum atomic E-state index is 0.243. The second-order valence-corrected chi connectivity index (χ2v) is 4.31. The summed E-state index contributed by atoms with van der Waals surface area (Å²) in [4.78, 5) is 10.6. The van der Waals surface area contributed by atoms with Gasteiger partial charge in [-0.25, -0.2) is 9.97 Å². The Kier molecular flexibility index (Phi) is 3.61. The maximum Gasteiger partial charge on any atom is 0.137 e. The summed E-state index contributed by atoms with van der Waals surface area (Å²) in [6.45, 7) is 6.61. The molecule has 0 radical (unpaired) electrons. The van der Waals surface area contributed by atoms with Crippen LogP contribution in [0.1, 0.15) is 19.4 Å². The molecule has 88 valence electrons. The van der Waals surface area contributed by atoms with Crippen LogP contribution in [0.25, 0.3) is 0 Å². The van der Waals surface area contributed by atoms with Gasteiger partial charge in [-0.1, -0.05) is 18.5 Å². The predicted octanol–water partition coefficient (Wildman–Crippen LogP) is 1.92. The molecule has 1 aliphatic heterocycles. The van der Waals surface area contributed by atoms with Gasteiger partial charge in [0, 0.05) is 18.7 Å². The highest BCUT2D eigenvalue weighted by molar-refractivity contribution is 6.30. The Morgan fingerprint density at radius 2 is 2.38 bits per heavy atom. The van der Waals surface area contributed by atoms with E-state index in [-0.39, 0.29) is 6.10 Å². The van der Waals surface area contributed by atoms with Gasteiger partial charge in [0.25, 0.3) is 0 Å². The molecule has 1 unspecified atom stereocenters. The van der Waals surface area contributed by atoms with Crippen molar-refractivity contribution in [3.8, 4) is 0 Å². The van der Waals surface area contributed by atoms with Crippen molar-refractivity contribution in [1.82, 2.24) is 9.97 Å². The number of anilines is 1. The molecule has 2 heterocycles. The molecule has 1 fully saturated rings. The molecule has 1 saturated heterocycles. The Hall–Kier alpha value is -0.870. The van der Waals surface area contributed by atoms with Crippen molar-refractivity contribution in [3.63, 3.8) is 0 Å². The summed E-state index contributed by atoms with van der Waals surface area (Å²) in [6, 6.07) is 0. The predicted molar refractivity (Wildman–Crippen MR) is 64.0 cm³/mol. The van der Waals surface area contributed by atoms with Gasteiger partial charge in [0.15, 0.2) is 0 Å². The molecule has 4 nitrogen and oxygen atoms in total. The van der Waals surface area contributed by atoms with E-state index < -0.39 is 0 Å². The van der Waals surface area contributed by atoms with Gasteiger partial charge >= 0.3 is 0 Å². The first-order chi connectivity index (χ1) is 7.72. The summed E-state index contributed by atoms with van der Waals surface area (Å²) in [5.41, 5.74) is 1.03. The van der Waals surface area contributed by atoms with Crippen molar-refractivity contribution in [2.45, 2.75) is 26.4 Å². The zero-order valence-electron chi connectivity index (χ0n) is 9.61. The lowest BCUT2D eigenvalue weighted by molar-refractivity contribution is 0.0529. The van der Waals surface area contributed by atoms with E-state index >= 15 is 0 Å². The van der Waals surface area contributed by atoms with Crippen LogP contribution < -0.4 is 4.90 Å². The molecule has 1 atom stereocenters. The topological polar surface area (TPSA) is 38.2 Å². The molecule has 0 saturated carbocycles. The van der Waals surface area contributed by atoms with E-state index in [0.29, 0.717) is 5.15 Å². The molecular formula is C11H16ClN3O. The molecule has 0 amide bonds. The van der Waals surface area contributed by atoms with E-state index in [9.17, 15) is 0 Å². The average Bonchev–Trinajstić information content (AvgIpc) is 2.28. The van der Waals surface area contributed by atoms with E-state index in [1.54, 1.807) is 0 Å². The first kappa shape index (κ1) is 11.6. The van der Waals surface area contributed by atoms with Gasteiger partial charge in [0.1, 0.15) is 17.3 Å². The third kappa shape index (κ3) is 2.28. The van der Waals surface area contributed by atoms with E-state index in [0.717, 1.165) is 37.5 Å². The molecule has 0 N–H and O–H groups in total. The van der Waals surface area contributed by atoms with Crippen LogP contribution in [0, 0.1) is 0 Å². The van der Waals surface area contributed by atoms with Crippen molar-refractivity contribution in [2.75, 3.05) is 24.6 Å². The zero-order valence-corrected chi connectivity index (χ0v) is 10.4. The van der Waals surface area contributed by atoms with Crippen molar-refractivity contribution in [3.05, 3.63) is 17.0 Å². The first-order valence-electron chi connectivity index (χ1n) is 5.58. The highest BCUT2D eigenvalue weighted by Gasteiger charge is 2.21. The van der Waals surface area contributed by atoms with Crippen LogP contribution in [-0.2, 0) is 11.2 Å². The molecular weight excluding hydrogens is 226 g/mol. The van der Waals surface area contributed by atoms with Crippen LogP contribution in [0.2, 0.25) is 5.15 Å². The maximum atomic E-state index is 6.08. The fraction of sp³-hybridized carbons (Fsp3) is 0.636. The van der Waals surface area contributed by atoms with Crippen LogP contribution in [0.4, 0.5) is 5.82 Å². The summed E-state index contributed by atoms with van der Waals surface area (Å²) in [5, 5.41) is 0.562. The third-order valence-corrected chi connectivity index (χ3v) is 3.09. The molecule has 0 spiro atoms. The van der Waals surface area contributed by atoms with Gasteiger partial charge in [-0.15, -0.1) is 0 Å². The lowest BCUT2D eigenvalue weighted by Gasteiger charge is -2.33. The summed E-state index contributed by atoms with van der Waals surface area (Å²) in [6.07, 6.45) is 2.62. The standard InChI is InChI=1S/C11H16ClN3O/c1-3-9-10(12)13-7-14-11(9)15-4-5-16-8(2)6-15/h7-8H,3-6H2,1-2H3. The van der Waals surface area contributed by atoms with E-state index in [2.05, 4.69) is 28.7 Å². The number of morpholine rings is 1. The number of nitrogens with zero attached hydrogens (tertiary/aromatic N) is 3. The molecule has 5 heteroatoms. The van der Waals surface area contributed by atoms with Crippen molar-refractivity contribution in [1.29, 1.82) is 0 Å². The van der Waals surface area contributed by atoms with Crippen molar-refractivity contribution in [2.24, 2.45) is 0 Å². The largest absolute Gasteiger partial charge is 0.375 e. The number of halogens is 1. The Morgan fingerprint density at radius 1 is 1.56 bits per heavy atom. The molecule has 1 aromatic rings. The number of hydrogen-bond acceptors (Lipinski definition) is 4. The second-order valence-electron chi connectivity index (χ2n) is 3.95. The van der Waals surface area contributed by atoms with Crippen molar-refractivity contribution >= 4 is 17.4 Å². The number of rotatable bonds is 2. The summed E-state index contributed by atoms with van der Waals surface area (Å²) in [5.74, 6) is 0.956. The highest BCUT2D eigenvalue weighted by Crippen LogP contribution is 2.25. The quantitative estimate of drug-likeness (QED) is 0.742. The van der Waals surface area contributed by atoms with Crippen LogP contribution in [0.3, 0.4) is 0 Å². The number of ether oxygens (including phenoxy) is 1. The van der Waals surface area contributed by atoms with Gasteiger partial charge in [-0.2, -0.15) is 0 Å². The Bertz CT molecular complexity index is 372. The highest BCUT2D eigenvalue weighted by atomic mass is 35.5. The lowest BCUT2D eigenvalue weighted by Crippen LogP contribution is -2.42. The van der Waals surface area contributed by atoms with Gasteiger partial charge in [0.2, 0.25) is 0 Å². The molecule has 0 aliphatic carbocycles. The van der Waals surface area contributed by atoms with Crippen LogP contribution >= 0.6 is 11.6 Å². The number of hydrogen-bond donors (Lipinski definition) is 0. The van der Waals surface area contributed by atoms with Crippen molar-refractivity contribution < 1.29 is 4.74 Å². The Morgan fingerprint density at radius 3 is 3.06 bits per heavy atom. The SMILES string of the molecule is CCc1c(Cl)ncnc1N1CCOC(C)C1. The van der Waals surface area contributed by atoms with E-state index in [1.807, 2.05) is 0 Å². The minimum absolute atomic E-state index is 0.243. The molecule has 0 aromatic carbocycles. The van der Waals surface area contributed by atoms with Crippen LogP contribution in [0.5, 0.6) is 0 Å². The zero-order chi connectivity index (χ0) is 11.5. The molecule has 1 aromatic heterocycles. The van der Waals surface area contributed by atoms with Crippen LogP contribution in [0.15, 0.2) is 6.33 Å². The third-order valence-electron chi connectivity index (χ3n) is 2.76. The first-order valence-corrected chi connectivity index (χ1v) is 5.96. The minimum Gasteiger partial charge on any atom is -0.375 e.